The molecule has 0 amide bonds. The first-order valence-corrected chi connectivity index (χ1v) is 7.16. The average Bonchev–Trinajstić information content (AvgIpc) is 2.63. The van der Waals surface area contributed by atoms with Crippen molar-refractivity contribution in [3.8, 4) is 5.75 Å². The van der Waals surface area contributed by atoms with Gasteiger partial charge in [0.25, 0.3) is 0 Å². The number of halogens is 1. The average molecular weight is 264 g/mol. The van der Waals surface area contributed by atoms with Gasteiger partial charge in [-0.25, -0.2) is 4.39 Å². The number of hydrogen-bond donors (Lipinski definition) is 1. The molecule has 3 nitrogen and oxygen atoms in total. The van der Waals surface area contributed by atoms with Crippen molar-refractivity contribution in [2.75, 3.05) is 32.8 Å². The highest BCUT2D eigenvalue weighted by atomic mass is 19.1. The minimum absolute atomic E-state index is 0.147. The molecular formula is C15H21FN2O. The van der Waals surface area contributed by atoms with Crippen LogP contribution in [0, 0.1) is 11.7 Å². The molecule has 2 aliphatic heterocycles. The monoisotopic (exact) mass is 264 g/mol. The fourth-order valence-corrected chi connectivity index (χ4v) is 3.02. The summed E-state index contributed by atoms with van der Waals surface area (Å²) in [6, 6.07) is 5.10. The summed E-state index contributed by atoms with van der Waals surface area (Å²) in [5.74, 6) is 1.25. The van der Waals surface area contributed by atoms with Crippen molar-refractivity contribution in [2.45, 2.75) is 19.4 Å². The largest absolute Gasteiger partial charge is 0.492 e. The zero-order chi connectivity index (χ0) is 13.1. The summed E-state index contributed by atoms with van der Waals surface area (Å²) in [5.41, 5.74) is 0.712. The lowest BCUT2D eigenvalue weighted by Crippen LogP contribution is -2.38. The van der Waals surface area contributed by atoms with Crippen LogP contribution in [0.25, 0.3) is 0 Å². The van der Waals surface area contributed by atoms with E-state index in [9.17, 15) is 4.39 Å². The summed E-state index contributed by atoms with van der Waals surface area (Å²) in [6.45, 7) is 5.45. The Morgan fingerprint density at radius 2 is 2.37 bits per heavy atom. The van der Waals surface area contributed by atoms with Crippen molar-refractivity contribution in [1.82, 2.24) is 10.2 Å². The van der Waals surface area contributed by atoms with Crippen LogP contribution in [-0.4, -0.2) is 37.7 Å². The second kappa shape index (κ2) is 5.88. The molecule has 4 heteroatoms. The molecule has 0 radical (unpaired) electrons. The molecular weight excluding hydrogens is 243 g/mol. The quantitative estimate of drug-likeness (QED) is 0.884. The minimum Gasteiger partial charge on any atom is -0.492 e. The lowest BCUT2D eigenvalue weighted by atomic mass is 9.99. The van der Waals surface area contributed by atoms with Gasteiger partial charge in [0.1, 0.15) is 18.2 Å². The molecule has 2 heterocycles. The van der Waals surface area contributed by atoms with Crippen molar-refractivity contribution < 1.29 is 9.13 Å². The molecule has 104 valence electrons. The lowest BCUT2D eigenvalue weighted by Gasteiger charge is -2.29. The Balaban J connectivity index is 1.69. The van der Waals surface area contributed by atoms with Crippen LogP contribution in [0.15, 0.2) is 18.2 Å². The molecule has 1 aromatic rings. The summed E-state index contributed by atoms with van der Waals surface area (Å²) in [7, 11) is 0. The third kappa shape index (κ3) is 3.07. The van der Waals surface area contributed by atoms with Crippen molar-refractivity contribution >= 4 is 0 Å². The van der Waals surface area contributed by atoms with Gasteiger partial charge < -0.3 is 10.1 Å². The number of benzene rings is 1. The maximum atomic E-state index is 13.9. The molecule has 0 saturated carbocycles. The van der Waals surface area contributed by atoms with Crippen LogP contribution in [0.4, 0.5) is 4.39 Å². The van der Waals surface area contributed by atoms with Gasteiger partial charge in [-0.15, -0.1) is 0 Å². The van der Waals surface area contributed by atoms with Crippen molar-refractivity contribution in [3.63, 3.8) is 0 Å². The van der Waals surface area contributed by atoms with E-state index in [4.69, 9.17) is 4.74 Å². The van der Waals surface area contributed by atoms with E-state index in [2.05, 4.69) is 10.2 Å². The van der Waals surface area contributed by atoms with Gasteiger partial charge in [0, 0.05) is 25.2 Å². The Morgan fingerprint density at radius 1 is 1.42 bits per heavy atom. The first-order valence-electron chi connectivity index (χ1n) is 7.16. The maximum Gasteiger partial charge on any atom is 0.131 e. The number of nitrogens with zero attached hydrogens (tertiary/aromatic N) is 1. The SMILES string of the molecule is Fc1cccc2c1CN(CC1CCCNC1)CCO2. The van der Waals surface area contributed by atoms with E-state index in [1.165, 1.54) is 18.9 Å². The minimum atomic E-state index is -0.147. The summed E-state index contributed by atoms with van der Waals surface area (Å²) in [4.78, 5) is 2.33. The van der Waals surface area contributed by atoms with E-state index in [0.29, 0.717) is 30.4 Å². The van der Waals surface area contributed by atoms with Crippen LogP contribution < -0.4 is 10.1 Å². The van der Waals surface area contributed by atoms with Gasteiger partial charge in [-0.3, -0.25) is 4.90 Å². The second-order valence-electron chi connectivity index (χ2n) is 5.51. The third-order valence-corrected chi connectivity index (χ3v) is 4.04. The second-order valence-corrected chi connectivity index (χ2v) is 5.51. The molecule has 1 fully saturated rings. The zero-order valence-electron chi connectivity index (χ0n) is 11.2. The summed E-state index contributed by atoms with van der Waals surface area (Å²) >= 11 is 0. The summed E-state index contributed by atoms with van der Waals surface area (Å²) < 4.78 is 19.5. The molecule has 0 bridgehead atoms. The standard InChI is InChI=1S/C15H21FN2O/c16-14-4-1-5-15-13(14)11-18(7-8-19-15)10-12-3-2-6-17-9-12/h1,4-5,12,17H,2-3,6-11H2. The van der Waals surface area contributed by atoms with E-state index in [1.54, 1.807) is 6.07 Å². The fraction of sp³-hybridized carbons (Fsp3) is 0.600. The Bertz CT molecular complexity index is 432. The molecule has 1 N–H and O–H groups in total. The zero-order valence-corrected chi connectivity index (χ0v) is 11.2. The normalized spacial score (nSPS) is 24.4. The third-order valence-electron chi connectivity index (χ3n) is 4.04. The highest BCUT2D eigenvalue weighted by Gasteiger charge is 2.22. The van der Waals surface area contributed by atoms with Gasteiger partial charge in [0.15, 0.2) is 0 Å². The van der Waals surface area contributed by atoms with E-state index in [-0.39, 0.29) is 5.82 Å². The molecule has 0 aromatic heterocycles. The number of ether oxygens (including phenoxy) is 1. The van der Waals surface area contributed by atoms with Crippen LogP contribution in [0.2, 0.25) is 0 Å². The van der Waals surface area contributed by atoms with E-state index in [0.717, 1.165) is 26.2 Å². The predicted molar refractivity (Wildman–Crippen MR) is 72.8 cm³/mol. The Hall–Kier alpha value is -1.13. The van der Waals surface area contributed by atoms with E-state index in [1.807, 2.05) is 6.07 Å². The molecule has 2 aliphatic rings. The highest BCUT2D eigenvalue weighted by molar-refractivity contribution is 5.35. The molecule has 0 spiro atoms. The van der Waals surface area contributed by atoms with Crippen LogP contribution >= 0.6 is 0 Å². The Labute approximate surface area is 113 Å². The summed E-state index contributed by atoms with van der Waals surface area (Å²) in [5, 5.41) is 3.44. The number of fused-ring (bicyclic) bond motifs is 1. The maximum absolute atomic E-state index is 13.9. The Kier molecular flexibility index (Phi) is 3.99. The highest BCUT2D eigenvalue weighted by Crippen LogP contribution is 2.26. The van der Waals surface area contributed by atoms with Crippen molar-refractivity contribution in [3.05, 3.63) is 29.6 Å². The van der Waals surface area contributed by atoms with Crippen LogP contribution in [-0.2, 0) is 6.54 Å². The van der Waals surface area contributed by atoms with Crippen LogP contribution in [0.3, 0.4) is 0 Å². The number of nitrogens with one attached hydrogen (secondary N) is 1. The van der Waals surface area contributed by atoms with Gasteiger partial charge in [0.05, 0.1) is 0 Å². The van der Waals surface area contributed by atoms with Gasteiger partial charge in [0.2, 0.25) is 0 Å². The van der Waals surface area contributed by atoms with Gasteiger partial charge >= 0.3 is 0 Å². The predicted octanol–water partition coefficient (Wildman–Crippen LogP) is 2.02. The molecule has 1 unspecified atom stereocenters. The van der Waals surface area contributed by atoms with Crippen LogP contribution in [0.1, 0.15) is 18.4 Å². The van der Waals surface area contributed by atoms with E-state index < -0.39 is 0 Å². The van der Waals surface area contributed by atoms with Crippen molar-refractivity contribution in [2.24, 2.45) is 5.92 Å². The molecule has 19 heavy (non-hydrogen) atoms. The number of piperidine rings is 1. The number of rotatable bonds is 2. The lowest BCUT2D eigenvalue weighted by molar-refractivity contribution is 0.183. The number of hydrogen-bond acceptors (Lipinski definition) is 3. The topological polar surface area (TPSA) is 24.5 Å². The molecule has 0 aliphatic carbocycles. The molecule has 3 rings (SSSR count). The first-order chi connectivity index (χ1) is 9.33. The van der Waals surface area contributed by atoms with Crippen LogP contribution in [0.5, 0.6) is 5.75 Å². The molecule has 1 atom stereocenters. The fourth-order valence-electron chi connectivity index (χ4n) is 3.02. The first kappa shape index (κ1) is 12.9. The van der Waals surface area contributed by atoms with E-state index >= 15 is 0 Å². The van der Waals surface area contributed by atoms with Crippen molar-refractivity contribution in [1.29, 1.82) is 0 Å². The van der Waals surface area contributed by atoms with Gasteiger partial charge in [-0.05, 0) is 44.0 Å². The van der Waals surface area contributed by atoms with Gasteiger partial charge in [-0.2, -0.15) is 0 Å². The molecule has 1 saturated heterocycles. The Morgan fingerprint density at radius 3 is 3.21 bits per heavy atom. The summed E-state index contributed by atoms with van der Waals surface area (Å²) in [6.07, 6.45) is 2.52. The van der Waals surface area contributed by atoms with Gasteiger partial charge in [-0.1, -0.05) is 6.07 Å². The smallest absolute Gasteiger partial charge is 0.131 e. The molecule has 1 aromatic carbocycles.